The zero-order valence-corrected chi connectivity index (χ0v) is 11.1. The Morgan fingerprint density at radius 1 is 1.42 bits per heavy atom. The van der Waals surface area contributed by atoms with E-state index < -0.39 is 11.6 Å². The van der Waals surface area contributed by atoms with Gasteiger partial charge in [-0.2, -0.15) is 0 Å². The standard InChI is InChI=1S/C14H16FNO3/c1-8-4-9-10(13(17)18)6-16(7-14(2,3)19)12(9)5-11(8)15/h4-6,19H,7H2,1-3H3,(H,17,18). The molecule has 1 heterocycles. The number of hydrogen-bond acceptors (Lipinski definition) is 2. The molecule has 0 aliphatic rings. The van der Waals surface area contributed by atoms with Crippen molar-refractivity contribution in [3.63, 3.8) is 0 Å². The number of aromatic nitrogens is 1. The first-order valence-corrected chi connectivity index (χ1v) is 5.94. The van der Waals surface area contributed by atoms with Gasteiger partial charge in [-0.05, 0) is 38.5 Å². The normalized spacial score (nSPS) is 12.1. The summed E-state index contributed by atoms with van der Waals surface area (Å²) in [4.78, 5) is 11.2. The maximum absolute atomic E-state index is 13.6. The maximum atomic E-state index is 13.6. The molecule has 2 N–H and O–H groups in total. The molecular formula is C14H16FNO3. The van der Waals surface area contributed by atoms with Gasteiger partial charge in [-0.25, -0.2) is 9.18 Å². The van der Waals surface area contributed by atoms with Crippen LogP contribution in [0.4, 0.5) is 4.39 Å². The lowest BCUT2D eigenvalue weighted by molar-refractivity contribution is 0.0619. The molecule has 0 saturated heterocycles. The SMILES string of the molecule is Cc1cc2c(C(=O)O)cn(CC(C)(C)O)c2cc1F. The van der Waals surface area contributed by atoms with E-state index in [-0.39, 0.29) is 17.9 Å². The quantitative estimate of drug-likeness (QED) is 0.896. The monoisotopic (exact) mass is 265 g/mol. The van der Waals surface area contributed by atoms with E-state index in [0.29, 0.717) is 16.5 Å². The average Bonchev–Trinajstić information content (AvgIpc) is 2.56. The van der Waals surface area contributed by atoms with Crippen LogP contribution in [0.2, 0.25) is 0 Å². The summed E-state index contributed by atoms with van der Waals surface area (Å²) in [6, 6.07) is 2.83. The first kappa shape index (κ1) is 13.5. The molecule has 102 valence electrons. The van der Waals surface area contributed by atoms with E-state index in [1.165, 1.54) is 18.3 Å². The van der Waals surface area contributed by atoms with Crippen LogP contribution in [-0.4, -0.2) is 26.4 Å². The molecule has 4 nitrogen and oxygen atoms in total. The second-order valence-corrected chi connectivity index (χ2v) is 5.41. The minimum atomic E-state index is -1.06. The van der Waals surface area contributed by atoms with Crippen LogP contribution in [-0.2, 0) is 6.54 Å². The van der Waals surface area contributed by atoms with Crippen molar-refractivity contribution < 1.29 is 19.4 Å². The second kappa shape index (κ2) is 4.35. The number of carboxylic acids is 1. The Bertz CT molecular complexity index is 653. The molecule has 0 fully saturated rings. The number of nitrogens with zero attached hydrogens (tertiary/aromatic N) is 1. The van der Waals surface area contributed by atoms with Gasteiger partial charge in [0.25, 0.3) is 0 Å². The molecule has 0 radical (unpaired) electrons. The third-order valence-electron chi connectivity index (χ3n) is 2.95. The maximum Gasteiger partial charge on any atom is 0.337 e. The summed E-state index contributed by atoms with van der Waals surface area (Å²) in [6.07, 6.45) is 1.43. The summed E-state index contributed by atoms with van der Waals surface area (Å²) >= 11 is 0. The van der Waals surface area contributed by atoms with Crippen LogP contribution in [0.1, 0.15) is 29.8 Å². The molecule has 1 aromatic carbocycles. The van der Waals surface area contributed by atoms with Gasteiger partial charge in [0.15, 0.2) is 0 Å². The fourth-order valence-electron chi connectivity index (χ4n) is 2.14. The third-order valence-corrected chi connectivity index (χ3v) is 2.95. The summed E-state index contributed by atoms with van der Waals surface area (Å²) in [5.41, 5.74) is -0.0238. The molecule has 0 amide bonds. The minimum Gasteiger partial charge on any atom is -0.478 e. The lowest BCUT2D eigenvalue weighted by Gasteiger charge is -2.18. The van der Waals surface area contributed by atoms with Gasteiger partial charge in [-0.1, -0.05) is 0 Å². The molecule has 2 rings (SSSR count). The first-order chi connectivity index (χ1) is 8.69. The summed E-state index contributed by atoms with van der Waals surface area (Å²) in [5.74, 6) is -1.45. The van der Waals surface area contributed by atoms with Gasteiger partial charge in [0.1, 0.15) is 5.82 Å². The molecule has 5 heteroatoms. The van der Waals surface area contributed by atoms with E-state index in [0.717, 1.165) is 0 Å². The van der Waals surface area contributed by atoms with E-state index in [2.05, 4.69) is 0 Å². The predicted molar refractivity (Wildman–Crippen MR) is 69.9 cm³/mol. The number of benzene rings is 1. The molecule has 0 unspecified atom stereocenters. The van der Waals surface area contributed by atoms with Crippen LogP contribution in [0.5, 0.6) is 0 Å². The highest BCUT2D eigenvalue weighted by Gasteiger charge is 2.20. The zero-order valence-electron chi connectivity index (χ0n) is 11.1. The van der Waals surface area contributed by atoms with Crippen LogP contribution in [0.25, 0.3) is 10.9 Å². The van der Waals surface area contributed by atoms with Gasteiger partial charge in [-0.3, -0.25) is 0 Å². The van der Waals surface area contributed by atoms with Crippen molar-refractivity contribution in [2.24, 2.45) is 0 Å². The topological polar surface area (TPSA) is 62.5 Å². The van der Waals surface area contributed by atoms with Crippen molar-refractivity contribution in [3.8, 4) is 0 Å². The van der Waals surface area contributed by atoms with Crippen molar-refractivity contribution in [2.45, 2.75) is 32.9 Å². The average molecular weight is 265 g/mol. The first-order valence-electron chi connectivity index (χ1n) is 5.94. The Labute approximate surface area is 110 Å². The molecule has 0 bridgehead atoms. The Morgan fingerprint density at radius 3 is 2.58 bits per heavy atom. The molecule has 1 aromatic heterocycles. The minimum absolute atomic E-state index is 0.113. The Morgan fingerprint density at radius 2 is 2.05 bits per heavy atom. The molecule has 0 saturated carbocycles. The summed E-state index contributed by atoms with van der Waals surface area (Å²) in [7, 11) is 0. The van der Waals surface area contributed by atoms with Gasteiger partial charge < -0.3 is 14.8 Å². The predicted octanol–water partition coefficient (Wildman–Crippen LogP) is 2.56. The zero-order chi connectivity index (χ0) is 14.4. The Balaban J connectivity index is 2.71. The van der Waals surface area contributed by atoms with Gasteiger partial charge in [-0.15, -0.1) is 0 Å². The van der Waals surface area contributed by atoms with E-state index in [9.17, 15) is 19.4 Å². The van der Waals surface area contributed by atoms with Gasteiger partial charge in [0.2, 0.25) is 0 Å². The molecule has 0 aliphatic heterocycles. The van der Waals surface area contributed by atoms with E-state index in [4.69, 9.17) is 0 Å². The number of aromatic carboxylic acids is 1. The fraction of sp³-hybridized carbons (Fsp3) is 0.357. The highest BCUT2D eigenvalue weighted by molar-refractivity contribution is 6.03. The van der Waals surface area contributed by atoms with Crippen LogP contribution in [0, 0.1) is 12.7 Å². The van der Waals surface area contributed by atoms with Gasteiger partial charge in [0, 0.05) is 11.6 Å². The van der Waals surface area contributed by atoms with Crippen molar-refractivity contribution >= 4 is 16.9 Å². The molecule has 2 aromatic rings. The third kappa shape index (κ3) is 2.61. The molecular weight excluding hydrogens is 249 g/mol. The van der Waals surface area contributed by atoms with E-state index in [1.807, 2.05) is 0 Å². The summed E-state index contributed by atoms with van der Waals surface area (Å²) in [6.45, 7) is 5.01. The Kier molecular flexibility index (Phi) is 3.10. The van der Waals surface area contributed by atoms with E-state index in [1.54, 1.807) is 25.3 Å². The molecule has 0 aliphatic carbocycles. The van der Waals surface area contributed by atoms with E-state index >= 15 is 0 Å². The van der Waals surface area contributed by atoms with Gasteiger partial charge in [0.05, 0.1) is 23.2 Å². The number of rotatable bonds is 3. The Hall–Kier alpha value is -1.88. The number of fused-ring (bicyclic) bond motifs is 1. The lowest BCUT2D eigenvalue weighted by atomic mass is 10.1. The summed E-state index contributed by atoms with van der Waals surface area (Å²) in [5, 5.41) is 19.5. The highest BCUT2D eigenvalue weighted by atomic mass is 19.1. The smallest absolute Gasteiger partial charge is 0.337 e. The number of carboxylic acid groups (broad SMARTS) is 1. The number of aryl methyl sites for hydroxylation is 1. The lowest BCUT2D eigenvalue weighted by Crippen LogP contribution is -2.25. The number of hydrogen-bond donors (Lipinski definition) is 2. The van der Waals surface area contributed by atoms with Crippen LogP contribution >= 0.6 is 0 Å². The van der Waals surface area contributed by atoms with Gasteiger partial charge >= 0.3 is 5.97 Å². The van der Waals surface area contributed by atoms with Crippen LogP contribution in [0.15, 0.2) is 18.3 Å². The van der Waals surface area contributed by atoms with Crippen molar-refractivity contribution in [3.05, 3.63) is 35.3 Å². The molecule has 0 atom stereocenters. The second-order valence-electron chi connectivity index (χ2n) is 5.41. The highest BCUT2D eigenvalue weighted by Crippen LogP contribution is 2.26. The molecule has 19 heavy (non-hydrogen) atoms. The molecule has 0 spiro atoms. The largest absolute Gasteiger partial charge is 0.478 e. The summed E-state index contributed by atoms with van der Waals surface area (Å²) < 4.78 is 15.2. The van der Waals surface area contributed by atoms with Crippen molar-refractivity contribution in [2.75, 3.05) is 0 Å². The van der Waals surface area contributed by atoms with Crippen molar-refractivity contribution in [1.29, 1.82) is 0 Å². The van der Waals surface area contributed by atoms with Crippen LogP contribution < -0.4 is 0 Å². The number of carbonyl (C=O) groups is 1. The van der Waals surface area contributed by atoms with Crippen LogP contribution in [0.3, 0.4) is 0 Å². The number of aliphatic hydroxyl groups is 1. The number of halogens is 1. The van der Waals surface area contributed by atoms with Crippen molar-refractivity contribution in [1.82, 2.24) is 4.57 Å². The fourth-order valence-corrected chi connectivity index (χ4v) is 2.14.